The Bertz CT molecular complexity index is 3750. The fraction of sp³-hybridized carbons (Fsp3) is 0.478. The number of epoxide rings is 1. The summed E-state index contributed by atoms with van der Waals surface area (Å²) in [4.78, 5) is 20.4. The normalized spacial score (nSPS) is 16.2. The van der Waals surface area contributed by atoms with Crippen molar-refractivity contribution >= 4 is 73.7 Å². The van der Waals surface area contributed by atoms with Gasteiger partial charge in [0.2, 0.25) is 0 Å². The van der Waals surface area contributed by atoms with Gasteiger partial charge in [0.05, 0.1) is 41.0 Å². The van der Waals surface area contributed by atoms with Crippen LogP contribution in [-0.4, -0.2) is 128 Å². The van der Waals surface area contributed by atoms with Crippen LogP contribution in [-0.2, 0) is 70.2 Å². The maximum Gasteiger partial charge on any atom is 0.0841 e. The molecule has 3 aliphatic carbocycles. The summed E-state index contributed by atoms with van der Waals surface area (Å²) in [5, 5.41) is 35.2. The third-order valence-electron chi connectivity index (χ3n) is 19.1. The maximum absolute atomic E-state index is 9.64. The minimum atomic E-state index is -0.104. The van der Waals surface area contributed by atoms with E-state index in [1.165, 1.54) is 87.6 Å². The molecule has 0 bridgehead atoms. The molecule has 6 atom stereocenters. The van der Waals surface area contributed by atoms with Gasteiger partial charge in [-0.25, -0.2) is 0 Å². The zero-order valence-corrected chi connectivity index (χ0v) is 90.4. The molecule has 0 amide bonds. The standard InChI is InChI=1S/C13H15N3.2C13H14N3.2C11H14O.C8H9.C7H8.C7H7.C5H8O.11C2H6.3CH4.HI.2Y/c3*1-4-12-11(3-2-6-15-12)13(5-1)16-9-7-14-8-10-16;2*12-11-8-4-7-10(11)9-5-2-1-3-6-9;1-7-4-3-5-8(2)6-7;2*1-7-5-3-2-4-6-7;1-2-4-5(3-1)6-4;11*1-2;;;;;;/h1-6,14H,7-10H2;2*1-6H,7-10H2;2*1-3,5-6,10-12H,4,7-8H2;3-6H,1H2,2H3;2-6H,1H3;2-6H,1H2;4-5H,1-3H2;11*1-2H3;3*1H4;1H;;/q;2*-1;;;-1;;-1;;;;;;;;;;;;;;;;;;. The van der Waals surface area contributed by atoms with E-state index in [0.29, 0.717) is 24.0 Å². The van der Waals surface area contributed by atoms with Crippen LogP contribution in [0.4, 0.5) is 17.1 Å². The number of aliphatic hydroxyl groups is 2. The number of ether oxygens (including phenoxy) is 1. The van der Waals surface area contributed by atoms with Crippen LogP contribution in [0.5, 0.6) is 0 Å². The summed E-state index contributed by atoms with van der Waals surface area (Å²) in [6, 6.07) is 80.3. The number of anilines is 3. The van der Waals surface area contributed by atoms with Gasteiger partial charge in [0.25, 0.3) is 0 Å². The maximum atomic E-state index is 9.64. The van der Waals surface area contributed by atoms with Crippen LogP contribution in [0, 0.1) is 27.7 Å². The molecule has 18 rings (SSSR count). The summed E-state index contributed by atoms with van der Waals surface area (Å²) in [6.45, 7) is 67.8. The van der Waals surface area contributed by atoms with Crippen molar-refractivity contribution in [2.24, 2.45) is 0 Å². The number of fused-ring (bicyclic) bond motifs is 4. The van der Waals surface area contributed by atoms with E-state index in [9.17, 15) is 10.2 Å². The van der Waals surface area contributed by atoms with Crippen molar-refractivity contribution in [3.8, 4) is 0 Å². The number of aliphatic hydroxyl groups excluding tert-OH is 2. The minimum absolute atomic E-state index is 0. The number of aromatic nitrogens is 3. The molecule has 6 unspecified atom stereocenters. The largest absolute Gasteiger partial charge is 0.659 e. The van der Waals surface area contributed by atoms with Crippen LogP contribution in [0.3, 0.4) is 0 Å². The van der Waals surface area contributed by atoms with Crippen molar-refractivity contribution in [2.75, 3.05) is 93.2 Å². The minimum Gasteiger partial charge on any atom is -0.659 e. The number of halogens is 1. The van der Waals surface area contributed by atoms with Crippen LogP contribution in [0.2, 0.25) is 0 Å². The van der Waals surface area contributed by atoms with Crippen molar-refractivity contribution in [3.05, 3.63) is 313 Å². The molecule has 12 nitrogen and oxygen atoms in total. The van der Waals surface area contributed by atoms with Crippen LogP contribution in [0.15, 0.2) is 255 Å². The Hall–Kier alpha value is -6.17. The molecule has 4 saturated heterocycles. The molecule has 3 saturated carbocycles. The van der Waals surface area contributed by atoms with E-state index in [-0.39, 0.29) is 124 Å². The Morgan fingerprint density at radius 1 is 0.328 bits per heavy atom. The Labute approximate surface area is 855 Å². The van der Waals surface area contributed by atoms with Crippen LogP contribution in [0.25, 0.3) is 43.3 Å². The summed E-state index contributed by atoms with van der Waals surface area (Å²) >= 11 is 0. The molecule has 11 aromatic rings. The quantitative estimate of drug-likeness (QED) is 0.0866. The molecule has 3 aromatic heterocycles. The van der Waals surface area contributed by atoms with Crippen molar-refractivity contribution in [3.63, 3.8) is 0 Å². The van der Waals surface area contributed by atoms with Gasteiger partial charge in [-0.1, -0.05) is 321 Å². The molecule has 8 aromatic carbocycles. The van der Waals surface area contributed by atoms with E-state index in [2.05, 4.69) is 195 Å². The van der Waals surface area contributed by atoms with Gasteiger partial charge in [0.1, 0.15) is 0 Å². The molecule has 7 heterocycles. The zero-order chi connectivity index (χ0) is 91.4. The Kier molecular flexibility index (Phi) is 101. The first-order valence-electron chi connectivity index (χ1n) is 47.3. The topological polar surface area (TPSA) is 142 Å². The molecule has 0 spiro atoms. The second kappa shape index (κ2) is 94.0. The number of pyridine rings is 3. The first-order valence-corrected chi connectivity index (χ1v) is 47.3. The molecule has 714 valence electrons. The van der Waals surface area contributed by atoms with Gasteiger partial charge in [0, 0.05) is 155 Å². The number of hydrogen-bond acceptors (Lipinski definition) is 10. The van der Waals surface area contributed by atoms with E-state index < -0.39 is 0 Å². The fourth-order valence-electron chi connectivity index (χ4n) is 13.7. The van der Waals surface area contributed by atoms with E-state index in [4.69, 9.17) is 4.74 Å². The fourth-order valence-corrected chi connectivity index (χ4v) is 13.7. The van der Waals surface area contributed by atoms with Gasteiger partial charge in [-0.15, -0.1) is 73.9 Å². The van der Waals surface area contributed by atoms with E-state index in [1.54, 1.807) is 0 Å². The molecule has 2 radical (unpaired) electrons. The van der Waals surface area contributed by atoms with Gasteiger partial charge in [-0.2, -0.15) is 49.2 Å². The first-order chi connectivity index (χ1) is 60.1. The summed E-state index contributed by atoms with van der Waals surface area (Å²) in [5.74, 6) is 0.789. The van der Waals surface area contributed by atoms with Crippen molar-refractivity contribution in [1.29, 1.82) is 0 Å². The molecule has 3 N–H and O–H groups in total. The predicted molar refractivity (Wildman–Crippen MR) is 580 cm³/mol. The zero-order valence-electron chi connectivity index (χ0n) is 82.4. The first kappa shape index (κ1) is 137. The Morgan fingerprint density at radius 3 is 0.852 bits per heavy atom. The SMILES string of the molecule is C.C.C.C1CC2OC2C1.CC.CC.CC.CC.CC.CC.CC.CC.CC.CC.CC.Cc1ccccc1.I.OC1CCCC1c1ccccc1.OC1CCCC1c1ccccc1.[CH2-]c1cccc(C)c1.[CH2-]c1ccccc1.[Y].[Y].c1cc(N2CCNCC2)c2cccnc2c1.c1cc(N2CC[N-]CC2)c2cccnc2c1.c1cc(N2CC[N-]CC2)c2cccnc2c1. The van der Waals surface area contributed by atoms with Gasteiger partial charge in [-0.05, 0) is 162 Å². The van der Waals surface area contributed by atoms with Crippen molar-refractivity contribution < 1.29 is 80.4 Å². The number of piperazine rings is 3. The average molecular weight is 2020 g/mol. The summed E-state index contributed by atoms with van der Waals surface area (Å²) in [5.41, 5.74) is 14.5. The summed E-state index contributed by atoms with van der Waals surface area (Å²) in [7, 11) is 0. The number of nitrogens with zero attached hydrogens (tertiary/aromatic N) is 8. The van der Waals surface area contributed by atoms with Gasteiger partial charge in [0.15, 0.2) is 0 Å². The van der Waals surface area contributed by atoms with Crippen LogP contribution >= 0.6 is 24.0 Å². The predicted octanol–water partition coefficient (Wildman–Crippen LogP) is 31.9. The van der Waals surface area contributed by atoms with Crippen LogP contribution < -0.4 is 20.0 Å². The Balaban J connectivity index is -0.000000207. The van der Waals surface area contributed by atoms with E-state index >= 15 is 0 Å². The summed E-state index contributed by atoms with van der Waals surface area (Å²) in [6.07, 6.45) is 17.4. The molecule has 4 aliphatic heterocycles. The molecule has 7 aliphatic rings. The molecule has 128 heavy (non-hydrogen) atoms. The average Bonchev–Trinajstić information content (AvgIpc) is 0.909. The second-order valence-corrected chi connectivity index (χ2v) is 26.4. The molecule has 15 heteroatoms. The monoisotopic (exact) mass is 2020 g/mol. The molecular weight excluding hydrogens is 1840 g/mol. The number of nitrogens with one attached hydrogen (secondary N) is 1. The van der Waals surface area contributed by atoms with E-state index in [1.807, 2.05) is 286 Å². The number of benzene rings is 8. The third-order valence-corrected chi connectivity index (χ3v) is 19.1. The Morgan fingerprint density at radius 2 is 0.609 bits per heavy atom. The number of aryl methyl sites for hydroxylation is 2. The van der Waals surface area contributed by atoms with Gasteiger partial charge in [-0.3, -0.25) is 15.0 Å². The van der Waals surface area contributed by atoms with Crippen LogP contribution in [0.1, 0.15) is 278 Å². The second-order valence-electron chi connectivity index (χ2n) is 26.4. The van der Waals surface area contributed by atoms with Gasteiger partial charge >= 0.3 is 0 Å². The molecule has 7 fully saturated rings. The summed E-state index contributed by atoms with van der Waals surface area (Å²) < 4.78 is 5.15. The number of rotatable bonds is 5. The third kappa shape index (κ3) is 55.4. The van der Waals surface area contributed by atoms with Crippen molar-refractivity contribution in [2.45, 2.75) is 282 Å². The number of hydrogen-bond donors (Lipinski definition) is 3. The van der Waals surface area contributed by atoms with Gasteiger partial charge < -0.3 is 45.6 Å². The van der Waals surface area contributed by atoms with Crippen molar-refractivity contribution in [1.82, 2.24) is 20.3 Å². The smallest absolute Gasteiger partial charge is 0.0841 e. The van der Waals surface area contributed by atoms with E-state index in [0.717, 1.165) is 132 Å². The molecular formula is C113H182IN9O3Y2-4.